The molecule has 0 unspecified atom stereocenters. The molecule has 24 heavy (non-hydrogen) atoms. The molecule has 4 rings (SSSR count). The average molecular weight is 319 g/mol. The lowest BCUT2D eigenvalue weighted by atomic mass is 10.1. The third-order valence-electron chi connectivity index (χ3n) is 4.41. The Morgan fingerprint density at radius 2 is 1.62 bits per heavy atom. The highest BCUT2D eigenvalue weighted by Gasteiger charge is 2.09. The van der Waals surface area contributed by atoms with Crippen LogP contribution in [0.1, 0.15) is 16.7 Å². The topological polar surface area (TPSA) is 25.2 Å². The molecule has 0 saturated heterocycles. The van der Waals surface area contributed by atoms with Crippen molar-refractivity contribution in [3.05, 3.63) is 77.1 Å². The van der Waals surface area contributed by atoms with Crippen LogP contribution in [0.2, 0.25) is 0 Å². The van der Waals surface area contributed by atoms with Gasteiger partial charge in [0.1, 0.15) is 17.0 Å². The highest BCUT2D eigenvalue weighted by Crippen LogP contribution is 2.31. The van der Waals surface area contributed by atoms with Crippen LogP contribution in [0, 0.1) is 19.7 Å². The second-order valence-corrected chi connectivity index (χ2v) is 6.24. The second-order valence-electron chi connectivity index (χ2n) is 6.24. The van der Waals surface area contributed by atoms with Crippen LogP contribution in [-0.4, -0.2) is 0 Å². The fraction of sp³-hybridized carbons (Fsp3) is 0.143. The lowest BCUT2D eigenvalue weighted by Gasteiger charge is -2.10. The van der Waals surface area contributed by atoms with E-state index in [2.05, 4.69) is 37.4 Å². The van der Waals surface area contributed by atoms with Crippen LogP contribution in [-0.2, 0) is 6.54 Å². The van der Waals surface area contributed by atoms with Gasteiger partial charge >= 0.3 is 0 Å². The van der Waals surface area contributed by atoms with Gasteiger partial charge in [0, 0.05) is 23.0 Å². The average Bonchev–Trinajstić information content (AvgIpc) is 2.91. The molecule has 120 valence electrons. The fourth-order valence-electron chi connectivity index (χ4n) is 3.10. The van der Waals surface area contributed by atoms with Crippen LogP contribution in [0.5, 0.6) is 0 Å². The van der Waals surface area contributed by atoms with Crippen LogP contribution in [0.15, 0.2) is 59.0 Å². The van der Waals surface area contributed by atoms with E-state index in [-0.39, 0.29) is 5.82 Å². The predicted molar refractivity (Wildman–Crippen MR) is 96.9 cm³/mol. The number of furan rings is 1. The summed E-state index contributed by atoms with van der Waals surface area (Å²) in [7, 11) is 0. The zero-order valence-electron chi connectivity index (χ0n) is 13.7. The summed E-state index contributed by atoms with van der Waals surface area (Å²) in [6.07, 6.45) is 0. The minimum Gasteiger partial charge on any atom is -0.456 e. The summed E-state index contributed by atoms with van der Waals surface area (Å²) in [5, 5.41) is 5.18. The number of fused-ring (bicyclic) bond motifs is 3. The molecule has 0 aliphatic rings. The Kier molecular flexibility index (Phi) is 3.49. The van der Waals surface area contributed by atoms with Gasteiger partial charge in [-0.15, -0.1) is 0 Å². The van der Waals surface area contributed by atoms with Crippen molar-refractivity contribution in [3.8, 4) is 0 Å². The zero-order chi connectivity index (χ0) is 16.7. The van der Waals surface area contributed by atoms with E-state index in [9.17, 15) is 4.39 Å². The smallest absolute Gasteiger partial charge is 0.135 e. The fourth-order valence-corrected chi connectivity index (χ4v) is 3.10. The number of nitrogens with one attached hydrogen (secondary N) is 1. The maximum atomic E-state index is 13.5. The van der Waals surface area contributed by atoms with Crippen molar-refractivity contribution in [1.82, 2.24) is 0 Å². The molecule has 0 fully saturated rings. The Balaban J connectivity index is 1.67. The number of anilines is 1. The van der Waals surface area contributed by atoms with Crippen molar-refractivity contribution in [2.45, 2.75) is 20.4 Å². The molecule has 0 amide bonds. The van der Waals surface area contributed by atoms with Crippen LogP contribution in [0.4, 0.5) is 10.1 Å². The first-order valence-electron chi connectivity index (χ1n) is 8.02. The SMILES string of the molecule is Cc1ccc(CNc2ccc3oc4ccc(F)cc4c3c2)c(C)c1. The molecule has 0 spiro atoms. The molecule has 1 aromatic heterocycles. The molecule has 3 heteroatoms. The maximum absolute atomic E-state index is 13.5. The Morgan fingerprint density at radius 1 is 0.875 bits per heavy atom. The third kappa shape index (κ3) is 2.62. The minimum atomic E-state index is -0.251. The first kappa shape index (κ1) is 14.8. The Hall–Kier alpha value is -2.81. The third-order valence-corrected chi connectivity index (χ3v) is 4.41. The van der Waals surface area contributed by atoms with Gasteiger partial charge in [-0.25, -0.2) is 4.39 Å². The van der Waals surface area contributed by atoms with E-state index in [1.807, 2.05) is 18.2 Å². The summed E-state index contributed by atoms with van der Waals surface area (Å²) < 4.78 is 19.3. The van der Waals surface area contributed by atoms with Crippen molar-refractivity contribution in [2.24, 2.45) is 0 Å². The van der Waals surface area contributed by atoms with Gasteiger partial charge in [-0.1, -0.05) is 23.8 Å². The summed E-state index contributed by atoms with van der Waals surface area (Å²) in [4.78, 5) is 0. The van der Waals surface area contributed by atoms with Gasteiger partial charge in [0.25, 0.3) is 0 Å². The highest BCUT2D eigenvalue weighted by molar-refractivity contribution is 6.05. The molecule has 0 aliphatic heterocycles. The number of hydrogen-bond donors (Lipinski definition) is 1. The summed E-state index contributed by atoms with van der Waals surface area (Å²) >= 11 is 0. The molecule has 0 atom stereocenters. The van der Waals surface area contributed by atoms with Crippen molar-refractivity contribution in [3.63, 3.8) is 0 Å². The molecule has 3 aromatic carbocycles. The standard InChI is InChI=1S/C21H18FNO/c1-13-3-4-15(14(2)9-13)12-23-17-6-8-21-19(11-17)18-10-16(22)5-7-20(18)24-21/h3-11,23H,12H2,1-2H3. The van der Waals surface area contributed by atoms with Crippen molar-refractivity contribution >= 4 is 27.6 Å². The van der Waals surface area contributed by atoms with Gasteiger partial charge in [0.05, 0.1) is 0 Å². The largest absolute Gasteiger partial charge is 0.456 e. The van der Waals surface area contributed by atoms with E-state index < -0.39 is 0 Å². The van der Waals surface area contributed by atoms with Gasteiger partial charge in [-0.2, -0.15) is 0 Å². The molecule has 2 nitrogen and oxygen atoms in total. The van der Waals surface area contributed by atoms with Crippen LogP contribution in [0.3, 0.4) is 0 Å². The molecule has 0 bridgehead atoms. The Labute approximate surface area is 139 Å². The molecular weight excluding hydrogens is 301 g/mol. The van der Waals surface area contributed by atoms with E-state index in [1.165, 1.54) is 28.8 Å². The van der Waals surface area contributed by atoms with Crippen LogP contribution >= 0.6 is 0 Å². The van der Waals surface area contributed by atoms with E-state index in [0.29, 0.717) is 5.58 Å². The monoisotopic (exact) mass is 319 g/mol. The number of rotatable bonds is 3. The zero-order valence-corrected chi connectivity index (χ0v) is 13.7. The molecule has 4 aromatic rings. The second kappa shape index (κ2) is 5.68. The lowest BCUT2D eigenvalue weighted by Crippen LogP contribution is -2.01. The molecule has 0 radical (unpaired) electrons. The quantitative estimate of drug-likeness (QED) is 0.504. The molecule has 0 aliphatic carbocycles. The molecule has 1 heterocycles. The number of hydrogen-bond acceptors (Lipinski definition) is 2. The summed E-state index contributed by atoms with van der Waals surface area (Å²) in [6, 6.07) is 17.0. The van der Waals surface area contributed by atoms with E-state index >= 15 is 0 Å². The number of halogens is 1. The van der Waals surface area contributed by atoms with Crippen molar-refractivity contribution in [2.75, 3.05) is 5.32 Å². The minimum absolute atomic E-state index is 0.251. The first-order valence-corrected chi connectivity index (χ1v) is 8.02. The lowest BCUT2D eigenvalue weighted by molar-refractivity contribution is 0.626. The van der Waals surface area contributed by atoms with E-state index in [0.717, 1.165) is 28.6 Å². The molecule has 1 N–H and O–H groups in total. The summed E-state index contributed by atoms with van der Waals surface area (Å²) in [6.45, 7) is 4.97. The van der Waals surface area contributed by atoms with E-state index in [1.54, 1.807) is 6.07 Å². The van der Waals surface area contributed by atoms with Crippen molar-refractivity contribution < 1.29 is 8.81 Å². The highest BCUT2D eigenvalue weighted by atomic mass is 19.1. The normalized spacial score (nSPS) is 11.3. The number of aryl methyl sites for hydroxylation is 2. The Morgan fingerprint density at radius 3 is 2.42 bits per heavy atom. The van der Waals surface area contributed by atoms with Gasteiger partial charge in [-0.05, 0) is 61.4 Å². The molecule has 0 saturated carbocycles. The van der Waals surface area contributed by atoms with E-state index in [4.69, 9.17) is 4.42 Å². The van der Waals surface area contributed by atoms with Gasteiger partial charge in [0.15, 0.2) is 0 Å². The summed E-state index contributed by atoms with van der Waals surface area (Å²) in [5.74, 6) is -0.251. The first-order chi connectivity index (χ1) is 11.6. The Bertz CT molecular complexity index is 1050. The van der Waals surface area contributed by atoms with Crippen LogP contribution in [0.25, 0.3) is 21.9 Å². The maximum Gasteiger partial charge on any atom is 0.135 e. The van der Waals surface area contributed by atoms with Gasteiger partial charge in [0.2, 0.25) is 0 Å². The molecular formula is C21H18FNO. The van der Waals surface area contributed by atoms with Crippen LogP contribution < -0.4 is 5.32 Å². The van der Waals surface area contributed by atoms with Crippen molar-refractivity contribution in [1.29, 1.82) is 0 Å². The number of benzene rings is 3. The summed E-state index contributed by atoms with van der Waals surface area (Å²) in [5.41, 5.74) is 6.28. The van der Waals surface area contributed by atoms with Gasteiger partial charge < -0.3 is 9.73 Å². The predicted octanol–water partition coefficient (Wildman–Crippen LogP) is 5.95. The van der Waals surface area contributed by atoms with Gasteiger partial charge in [-0.3, -0.25) is 0 Å².